The second kappa shape index (κ2) is 4.07. The van der Waals surface area contributed by atoms with Crippen LogP contribution >= 0.6 is 0 Å². The van der Waals surface area contributed by atoms with Gasteiger partial charge in [-0.1, -0.05) is 12.8 Å². The van der Waals surface area contributed by atoms with Crippen LogP contribution in [0.4, 0.5) is 0 Å². The third kappa shape index (κ3) is 2.97. The van der Waals surface area contributed by atoms with E-state index in [9.17, 15) is 9.90 Å². The van der Waals surface area contributed by atoms with Gasteiger partial charge in [0.25, 0.3) is 0 Å². The number of aliphatic carboxylic acids is 1. The lowest BCUT2D eigenvalue weighted by atomic mass is 10.0. The Morgan fingerprint density at radius 3 is 2.54 bits per heavy atom. The zero-order chi connectivity index (χ0) is 9.90. The molecule has 1 saturated carbocycles. The summed E-state index contributed by atoms with van der Waals surface area (Å²) in [4.78, 5) is 10.5. The molecular weight excluding hydrogens is 170 g/mol. The van der Waals surface area contributed by atoms with Gasteiger partial charge in [-0.3, -0.25) is 4.79 Å². The topological polar surface area (TPSA) is 69.6 Å². The Hall–Kier alpha value is -0.610. The highest BCUT2D eigenvalue weighted by atomic mass is 16.4. The molecule has 1 unspecified atom stereocenters. The lowest BCUT2D eigenvalue weighted by Crippen LogP contribution is -2.44. The lowest BCUT2D eigenvalue weighted by Gasteiger charge is -2.23. The molecule has 0 spiro atoms. The first-order chi connectivity index (χ1) is 6.03. The number of carboxylic acid groups (broad SMARTS) is 1. The quantitative estimate of drug-likeness (QED) is 0.594. The molecule has 1 aliphatic carbocycles. The van der Waals surface area contributed by atoms with Crippen molar-refractivity contribution >= 4 is 5.97 Å². The smallest absolute Gasteiger partial charge is 0.320 e. The van der Waals surface area contributed by atoms with E-state index >= 15 is 0 Å². The van der Waals surface area contributed by atoms with Crippen LogP contribution < -0.4 is 5.32 Å². The van der Waals surface area contributed by atoms with Gasteiger partial charge in [-0.25, -0.2) is 0 Å². The van der Waals surface area contributed by atoms with Crippen molar-refractivity contribution in [2.24, 2.45) is 0 Å². The minimum absolute atomic E-state index is 0.389. The molecule has 0 amide bonds. The van der Waals surface area contributed by atoms with Crippen LogP contribution in [0.5, 0.6) is 0 Å². The molecule has 0 heterocycles. The Morgan fingerprint density at radius 2 is 2.08 bits per heavy atom. The maximum Gasteiger partial charge on any atom is 0.320 e. The van der Waals surface area contributed by atoms with E-state index in [-0.39, 0.29) is 0 Å². The van der Waals surface area contributed by atoms with Gasteiger partial charge in [0.15, 0.2) is 0 Å². The van der Waals surface area contributed by atoms with Gasteiger partial charge in [-0.15, -0.1) is 0 Å². The van der Waals surface area contributed by atoms with Crippen molar-refractivity contribution in [2.75, 3.05) is 6.54 Å². The van der Waals surface area contributed by atoms with Crippen LogP contribution in [-0.4, -0.2) is 34.4 Å². The molecule has 76 valence electrons. The second-order valence-electron chi connectivity index (χ2n) is 3.87. The second-order valence-corrected chi connectivity index (χ2v) is 3.87. The van der Waals surface area contributed by atoms with E-state index in [2.05, 4.69) is 5.32 Å². The van der Waals surface area contributed by atoms with E-state index in [1.54, 1.807) is 6.92 Å². The van der Waals surface area contributed by atoms with Crippen molar-refractivity contribution in [3.63, 3.8) is 0 Å². The number of rotatable bonds is 4. The van der Waals surface area contributed by atoms with Crippen LogP contribution in [0.25, 0.3) is 0 Å². The third-order valence-electron chi connectivity index (χ3n) is 2.64. The Bertz CT molecular complexity index is 187. The van der Waals surface area contributed by atoms with Gasteiger partial charge in [-0.05, 0) is 19.8 Å². The SMILES string of the molecule is CC(NCC1(O)CCCC1)C(=O)O. The molecule has 4 heteroatoms. The average Bonchev–Trinajstić information content (AvgIpc) is 2.48. The summed E-state index contributed by atoms with van der Waals surface area (Å²) in [5.74, 6) is -0.874. The lowest BCUT2D eigenvalue weighted by molar-refractivity contribution is -0.139. The van der Waals surface area contributed by atoms with Crippen LogP contribution in [0.1, 0.15) is 32.6 Å². The molecular formula is C9H17NO3. The Balaban J connectivity index is 2.28. The first-order valence-electron chi connectivity index (χ1n) is 4.72. The van der Waals surface area contributed by atoms with Gasteiger partial charge in [0.1, 0.15) is 6.04 Å². The summed E-state index contributed by atoms with van der Waals surface area (Å²) in [6, 6.07) is -0.579. The molecule has 3 N–H and O–H groups in total. The van der Waals surface area contributed by atoms with Crippen molar-refractivity contribution < 1.29 is 15.0 Å². The van der Waals surface area contributed by atoms with Crippen LogP contribution in [0, 0.1) is 0 Å². The van der Waals surface area contributed by atoms with E-state index < -0.39 is 17.6 Å². The number of carbonyl (C=O) groups is 1. The fourth-order valence-corrected chi connectivity index (χ4v) is 1.64. The summed E-state index contributed by atoms with van der Waals surface area (Å²) in [6.45, 7) is 1.97. The highest BCUT2D eigenvalue weighted by Gasteiger charge is 2.31. The maximum atomic E-state index is 10.5. The highest BCUT2D eigenvalue weighted by Crippen LogP contribution is 2.28. The van der Waals surface area contributed by atoms with Gasteiger partial charge in [-0.2, -0.15) is 0 Å². The van der Waals surface area contributed by atoms with Crippen molar-refractivity contribution in [1.82, 2.24) is 5.32 Å². The number of aliphatic hydroxyl groups is 1. The molecule has 1 atom stereocenters. The number of nitrogens with one attached hydrogen (secondary N) is 1. The van der Waals surface area contributed by atoms with Crippen LogP contribution in [0.2, 0.25) is 0 Å². The van der Waals surface area contributed by atoms with E-state index in [4.69, 9.17) is 5.11 Å². The van der Waals surface area contributed by atoms with Crippen molar-refractivity contribution in [3.8, 4) is 0 Å². The molecule has 1 aliphatic rings. The molecule has 0 aromatic carbocycles. The summed E-state index contributed by atoms with van der Waals surface area (Å²) in [7, 11) is 0. The summed E-state index contributed by atoms with van der Waals surface area (Å²) >= 11 is 0. The number of hydrogen-bond donors (Lipinski definition) is 3. The first-order valence-corrected chi connectivity index (χ1v) is 4.72. The van der Waals surface area contributed by atoms with Crippen molar-refractivity contribution in [1.29, 1.82) is 0 Å². The monoisotopic (exact) mass is 187 g/mol. The van der Waals surface area contributed by atoms with Crippen molar-refractivity contribution in [3.05, 3.63) is 0 Å². The Morgan fingerprint density at radius 1 is 1.54 bits per heavy atom. The minimum Gasteiger partial charge on any atom is -0.480 e. The standard InChI is InChI=1S/C9H17NO3/c1-7(8(11)12)10-6-9(13)4-2-3-5-9/h7,10,13H,2-6H2,1H3,(H,11,12). The van der Waals surface area contributed by atoms with Gasteiger partial charge in [0.05, 0.1) is 5.60 Å². The van der Waals surface area contributed by atoms with Gasteiger partial charge in [0.2, 0.25) is 0 Å². The van der Waals surface area contributed by atoms with E-state index in [1.165, 1.54) is 0 Å². The van der Waals surface area contributed by atoms with Crippen molar-refractivity contribution in [2.45, 2.75) is 44.2 Å². The van der Waals surface area contributed by atoms with Gasteiger partial charge < -0.3 is 15.5 Å². The van der Waals surface area contributed by atoms with E-state index in [1.807, 2.05) is 0 Å². The van der Waals surface area contributed by atoms with E-state index in [0.717, 1.165) is 25.7 Å². The first kappa shape index (κ1) is 10.5. The summed E-state index contributed by atoms with van der Waals surface area (Å²) < 4.78 is 0. The zero-order valence-corrected chi connectivity index (χ0v) is 7.92. The molecule has 4 nitrogen and oxygen atoms in total. The minimum atomic E-state index is -0.874. The largest absolute Gasteiger partial charge is 0.480 e. The molecule has 0 aliphatic heterocycles. The van der Waals surface area contributed by atoms with Crippen LogP contribution in [0.15, 0.2) is 0 Å². The molecule has 1 fully saturated rings. The fourth-order valence-electron chi connectivity index (χ4n) is 1.64. The number of carboxylic acids is 1. The molecule has 0 radical (unpaired) electrons. The molecule has 0 bridgehead atoms. The fraction of sp³-hybridized carbons (Fsp3) is 0.889. The Labute approximate surface area is 78.0 Å². The summed E-state index contributed by atoms with van der Waals surface area (Å²) in [5, 5.41) is 21.3. The highest BCUT2D eigenvalue weighted by molar-refractivity contribution is 5.72. The molecule has 0 saturated heterocycles. The normalized spacial score (nSPS) is 22.9. The summed E-state index contributed by atoms with van der Waals surface area (Å²) in [6.07, 6.45) is 3.65. The molecule has 0 aromatic heterocycles. The molecule has 13 heavy (non-hydrogen) atoms. The molecule has 1 rings (SSSR count). The van der Waals surface area contributed by atoms with Gasteiger partial charge >= 0.3 is 5.97 Å². The Kier molecular flexibility index (Phi) is 3.27. The third-order valence-corrected chi connectivity index (χ3v) is 2.64. The summed E-state index contributed by atoms with van der Waals surface area (Å²) in [5.41, 5.74) is -0.663. The number of hydrogen-bond acceptors (Lipinski definition) is 3. The average molecular weight is 187 g/mol. The maximum absolute atomic E-state index is 10.5. The molecule has 0 aromatic rings. The van der Waals surface area contributed by atoms with Crippen LogP contribution in [-0.2, 0) is 4.79 Å². The predicted octanol–water partition coefficient (Wildman–Crippen LogP) is 0.354. The van der Waals surface area contributed by atoms with E-state index in [0.29, 0.717) is 6.54 Å². The van der Waals surface area contributed by atoms with Crippen LogP contribution in [0.3, 0.4) is 0 Å². The zero-order valence-electron chi connectivity index (χ0n) is 7.92. The van der Waals surface area contributed by atoms with Gasteiger partial charge in [0, 0.05) is 6.54 Å². The predicted molar refractivity (Wildman–Crippen MR) is 48.5 cm³/mol.